The van der Waals surface area contributed by atoms with Gasteiger partial charge in [-0.1, -0.05) is 17.7 Å². The molecule has 2 aliphatic heterocycles. The third-order valence-corrected chi connectivity index (χ3v) is 4.49. The number of rotatable bonds is 3. The molecule has 0 radical (unpaired) electrons. The van der Waals surface area contributed by atoms with E-state index in [9.17, 15) is 5.11 Å². The normalized spacial score (nSPS) is 27.6. The summed E-state index contributed by atoms with van der Waals surface area (Å²) in [5.74, 6) is 0.156. The molecule has 0 spiro atoms. The van der Waals surface area contributed by atoms with Crippen molar-refractivity contribution in [2.24, 2.45) is 0 Å². The molecule has 1 aromatic rings. The quantitative estimate of drug-likeness (QED) is 0.882. The van der Waals surface area contributed by atoms with Crippen molar-refractivity contribution in [2.45, 2.75) is 37.9 Å². The minimum absolute atomic E-state index is 0.156. The Morgan fingerprint density at radius 3 is 3.06 bits per heavy atom. The first kappa shape index (κ1) is 12.3. The van der Waals surface area contributed by atoms with Crippen molar-refractivity contribution < 1.29 is 5.11 Å². The maximum Gasteiger partial charge on any atom is 0.134 e. The lowest BCUT2D eigenvalue weighted by Crippen LogP contribution is -2.38. The second-order valence-electron chi connectivity index (χ2n) is 5.31. The summed E-state index contributed by atoms with van der Waals surface area (Å²) in [5.41, 5.74) is 1.13. The third kappa shape index (κ3) is 2.35. The molecule has 2 atom stereocenters. The highest BCUT2D eigenvalue weighted by molar-refractivity contribution is 6.32. The molecule has 4 heteroatoms. The van der Waals surface area contributed by atoms with Gasteiger partial charge in [0, 0.05) is 25.2 Å². The van der Waals surface area contributed by atoms with E-state index in [0.29, 0.717) is 11.1 Å². The molecule has 3 nitrogen and oxygen atoms in total. The summed E-state index contributed by atoms with van der Waals surface area (Å²) >= 11 is 5.91. The Labute approximate surface area is 113 Å². The molecule has 0 amide bonds. The highest BCUT2D eigenvalue weighted by Gasteiger charge is 2.36. The number of phenolic OH excluding ortho intramolecular Hbond substituents is 1. The van der Waals surface area contributed by atoms with E-state index in [1.165, 1.54) is 32.4 Å². The molecule has 2 heterocycles. The van der Waals surface area contributed by atoms with Crippen molar-refractivity contribution in [3.8, 4) is 5.75 Å². The number of fused-ring (bicyclic) bond motifs is 1. The van der Waals surface area contributed by atoms with Gasteiger partial charge in [0.05, 0.1) is 5.02 Å². The van der Waals surface area contributed by atoms with Crippen LogP contribution in [-0.2, 0) is 6.54 Å². The molecule has 2 N–H and O–H groups in total. The van der Waals surface area contributed by atoms with Crippen LogP contribution in [-0.4, -0.2) is 35.2 Å². The van der Waals surface area contributed by atoms with Gasteiger partial charge in [0.25, 0.3) is 0 Å². The van der Waals surface area contributed by atoms with Gasteiger partial charge in [-0.2, -0.15) is 0 Å². The Morgan fingerprint density at radius 1 is 1.33 bits per heavy atom. The summed E-state index contributed by atoms with van der Waals surface area (Å²) in [6.07, 6.45) is 3.92. The molecule has 2 fully saturated rings. The molecule has 0 bridgehead atoms. The monoisotopic (exact) mass is 266 g/mol. The number of nitrogens with zero attached hydrogens (tertiary/aromatic N) is 1. The number of hydrogen-bond donors (Lipinski definition) is 2. The van der Waals surface area contributed by atoms with Crippen molar-refractivity contribution in [2.75, 3.05) is 13.1 Å². The van der Waals surface area contributed by atoms with E-state index < -0.39 is 0 Å². The van der Waals surface area contributed by atoms with E-state index >= 15 is 0 Å². The van der Waals surface area contributed by atoms with Crippen molar-refractivity contribution in [3.05, 3.63) is 28.8 Å². The molecule has 2 aliphatic rings. The van der Waals surface area contributed by atoms with E-state index in [1.807, 2.05) is 12.1 Å². The highest BCUT2D eigenvalue weighted by Crippen LogP contribution is 2.28. The van der Waals surface area contributed by atoms with Crippen LogP contribution >= 0.6 is 11.6 Å². The summed E-state index contributed by atoms with van der Waals surface area (Å²) < 4.78 is 0. The Hall–Kier alpha value is -0.770. The van der Waals surface area contributed by atoms with Gasteiger partial charge in [-0.05, 0) is 43.5 Å². The van der Waals surface area contributed by atoms with Gasteiger partial charge in [-0.3, -0.25) is 4.90 Å². The largest absolute Gasteiger partial charge is 0.506 e. The topological polar surface area (TPSA) is 35.5 Å². The average molecular weight is 267 g/mol. The van der Waals surface area contributed by atoms with E-state index in [0.717, 1.165) is 18.2 Å². The number of hydrogen-bond acceptors (Lipinski definition) is 3. The van der Waals surface area contributed by atoms with Crippen LogP contribution in [0.2, 0.25) is 5.02 Å². The Kier molecular flexibility index (Phi) is 3.46. The molecule has 3 rings (SSSR count). The molecular formula is C14H19ClN2O. The summed E-state index contributed by atoms with van der Waals surface area (Å²) in [7, 11) is 0. The lowest BCUT2D eigenvalue weighted by molar-refractivity contribution is 0.298. The molecule has 98 valence electrons. The van der Waals surface area contributed by atoms with Crippen LogP contribution in [0, 0.1) is 0 Å². The Balaban J connectivity index is 1.59. The van der Waals surface area contributed by atoms with Crippen LogP contribution in [0.3, 0.4) is 0 Å². The molecule has 0 aromatic heterocycles. The zero-order chi connectivity index (χ0) is 12.5. The Bertz CT molecular complexity index is 438. The molecule has 18 heavy (non-hydrogen) atoms. The van der Waals surface area contributed by atoms with Crippen LogP contribution < -0.4 is 5.32 Å². The fourth-order valence-corrected chi connectivity index (χ4v) is 3.43. The summed E-state index contributed by atoms with van der Waals surface area (Å²) in [6.45, 7) is 3.33. The van der Waals surface area contributed by atoms with Crippen molar-refractivity contribution in [3.63, 3.8) is 0 Å². The van der Waals surface area contributed by atoms with Crippen LogP contribution in [0.1, 0.15) is 24.8 Å². The van der Waals surface area contributed by atoms with Crippen LogP contribution in [0.4, 0.5) is 0 Å². The molecule has 0 saturated carbocycles. The molecular weight excluding hydrogens is 248 g/mol. The number of nitrogens with one attached hydrogen (secondary N) is 1. The second-order valence-corrected chi connectivity index (χ2v) is 5.71. The maximum absolute atomic E-state index is 9.39. The number of benzene rings is 1. The van der Waals surface area contributed by atoms with E-state index in [4.69, 9.17) is 11.6 Å². The lowest BCUT2D eigenvalue weighted by Gasteiger charge is -2.21. The summed E-state index contributed by atoms with van der Waals surface area (Å²) in [4.78, 5) is 2.60. The van der Waals surface area contributed by atoms with Gasteiger partial charge >= 0.3 is 0 Å². The smallest absolute Gasteiger partial charge is 0.134 e. The first-order valence-electron chi connectivity index (χ1n) is 6.69. The average Bonchev–Trinajstić information content (AvgIpc) is 2.94. The predicted molar refractivity (Wildman–Crippen MR) is 73.0 cm³/mol. The van der Waals surface area contributed by atoms with Gasteiger partial charge in [-0.25, -0.2) is 0 Å². The van der Waals surface area contributed by atoms with E-state index in [1.54, 1.807) is 6.07 Å². The standard InChI is InChI=1S/C14H19ClN2O/c15-11-8-10(3-4-14(11)18)9-16-12-5-7-17-6-1-2-13(12)17/h3-4,8,12-13,16,18H,1-2,5-7,9H2. The minimum atomic E-state index is 0.156. The van der Waals surface area contributed by atoms with Crippen LogP contribution in [0.5, 0.6) is 5.75 Å². The van der Waals surface area contributed by atoms with Crippen LogP contribution in [0.15, 0.2) is 18.2 Å². The first-order valence-corrected chi connectivity index (χ1v) is 7.06. The SMILES string of the molecule is Oc1ccc(CNC2CCN3CCCC23)cc1Cl. The van der Waals surface area contributed by atoms with Gasteiger partial charge in [0.2, 0.25) is 0 Å². The van der Waals surface area contributed by atoms with Crippen LogP contribution in [0.25, 0.3) is 0 Å². The molecule has 2 saturated heterocycles. The minimum Gasteiger partial charge on any atom is -0.506 e. The summed E-state index contributed by atoms with van der Waals surface area (Å²) in [5, 5.41) is 13.5. The van der Waals surface area contributed by atoms with Gasteiger partial charge in [-0.15, -0.1) is 0 Å². The second kappa shape index (κ2) is 5.08. The van der Waals surface area contributed by atoms with Crippen molar-refractivity contribution >= 4 is 11.6 Å². The fraction of sp³-hybridized carbons (Fsp3) is 0.571. The Morgan fingerprint density at radius 2 is 2.22 bits per heavy atom. The zero-order valence-electron chi connectivity index (χ0n) is 10.4. The fourth-order valence-electron chi connectivity index (χ4n) is 3.23. The lowest BCUT2D eigenvalue weighted by atomic mass is 10.1. The third-order valence-electron chi connectivity index (χ3n) is 4.19. The number of halogens is 1. The molecule has 1 aromatic carbocycles. The van der Waals surface area contributed by atoms with E-state index in [2.05, 4.69) is 10.2 Å². The zero-order valence-corrected chi connectivity index (χ0v) is 11.2. The highest BCUT2D eigenvalue weighted by atomic mass is 35.5. The van der Waals surface area contributed by atoms with Crippen molar-refractivity contribution in [1.29, 1.82) is 0 Å². The predicted octanol–water partition coefficient (Wildman–Crippen LogP) is 2.37. The maximum atomic E-state index is 9.39. The first-order chi connectivity index (χ1) is 8.74. The number of aromatic hydroxyl groups is 1. The van der Waals surface area contributed by atoms with Gasteiger partial charge in [0.15, 0.2) is 0 Å². The van der Waals surface area contributed by atoms with E-state index in [-0.39, 0.29) is 5.75 Å². The summed E-state index contributed by atoms with van der Waals surface area (Å²) in [6, 6.07) is 6.77. The van der Waals surface area contributed by atoms with Gasteiger partial charge < -0.3 is 10.4 Å². The number of phenols is 1. The molecule has 2 unspecified atom stereocenters. The molecule has 0 aliphatic carbocycles. The van der Waals surface area contributed by atoms with Crippen molar-refractivity contribution in [1.82, 2.24) is 10.2 Å². The van der Waals surface area contributed by atoms with Gasteiger partial charge in [0.1, 0.15) is 5.75 Å².